The molecule has 3 aromatic rings. The zero-order valence-corrected chi connectivity index (χ0v) is 9.08. The van der Waals surface area contributed by atoms with Crippen LogP contribution in [0.3, 0.4) is 0 Å². The SMILES string of the molecule is O=Cc1cn(-c2cccc3ccccc23)cn1. The van der Waals surface area contributed by atoms with Crippen LogP contribution >= 0.6 is 0 Å². The smallest absolute Gasteiger partial charge is 0.170 e. The number of hydrogen-bond acceptors (Lipinski definition) is 2. The molecule has 17 heavy (non-hydrogen) atoms. The summed E-state index contributed by atoms with van der Waals surface area (Å²) in [5, 5.41) is 2.32. The highest BCUT2D eigenvalue weighted by Gasteiger charge is 2.03. The number of aldehydes is 1. The maximum Gasteiger partial charge on any atom is 0.170 e. The molecule has 0 unspecified atom stereocenters. The Kier molecular flexibility index (Phi) is 2.22. The third-order valence-corrected chi connectivity index (χ3v) is 2.77. The number of imidazole rings is 1. The molecule has 0 radical (unpaired) electrons. The van der Waals surface area contributed by atoms with Gasteiger partial charge in [0.2, 0.25) is 0 Å². The monoisotopic (exact) mass is 222 g/mol. The number of hydrogen-bond donors (Lipinski definition) is 0. The van der Waals surface area contributed by atoms with Crippen LogP contribution in [-0.4, -0.2) is 15.8 Å². The van der Waals surface area contributed by atoms with Gasteiger partial charge >= 0.3 is 0 Å². The number of benzene rings is 2. The van der Waals surface area contributed by atoms with E-state index in [1.54, 1.807) is 12.5 Å². The van der Waals surface area contributed by atoms with Crippen molar-refractivity contribution >= 4 is 17.1 Å². The van der Waals surface area contributed by atoms with E-state index < -0.39 is 0 Å². The Balaban J connectivity index is 2.26. The molecule has 0 atom stereocenters. The highest BCUT2D eigenvalue weighted by atomic mass is 16.1. The van der Waals surface area contributed by atoms with Gasteiger partial charge in [0, 0.05) is 11.6 Å². The molecular weight excluding hydrogens is 212 g/mol. The van der Waals surface area contributed by atoms with Crippen molar-refractivity contribution in [3.63, 3.8) is 0 Å². The van der Waals surface area contributed by atoms with Crippen molar-refractivity contribution in [1.82, 2.24) is 9.55 Å². The molecule has 1 heterocycles. The predicted octanol–water partition coefficient (Wildman–Crippen LogP) is 2.84. The molecule has 0 saturated heterocycles. The van der Waals surface area contributed by atoms with Gasteiger partial charge in [-0.3, -0.25) is 4.79 Å². The minimum Gasteiger partial charge on any atom is -0.305 e. The minimum atomic E-state index is 0.443. The average Bonchev–Trinajstić information content (AvgIpc) is 2.87. The maximum absolute atomic E-state index is 10.6. The van der Waals surface area contributed by atoms with Crippen LogP contribution < -0.4 is 0 Å². The molecule has 3 heteroatoms. The van der Waals surface area contributed by atoms with Crippen molar-refractivity contribution < 1.29 is 4.79 Å². The highest BCUT2D eigenvalue weighted by Crippen LogP contribution is 2.21. The first-order valence-corrected chi connectivity index (χ1v) is 5.36. The molecule has 0 fully saturated rings. The summed E-state index contributed by atoms with van der Waals surface area (Å²) in [5.74, 6) is 0. The molecule has 3 nitrogen and oxygen atoms in total. The Hall–Kier alpha value is -2.42. The van der Waals surface area contributed by atoms with Crippen molar-refractivity contribution in [2.24, 2.45) is 0 Å². The van der Waals surface area contributed by atoms with E-state index in [1.165, 1.54) is 5.39 Å². The third-order valence-electron chi connectivity index (χ3n) is 2.77. The summed E-state index contributed by atoms with van der Waals surface area (Å²) in [6.45, 7) is 0. The van der Waals surface area contributed by atoms with Gasteiger partial charge in [0.15, 0.2) is 6.29 Å². The molecule has 3 rings (SSSR count). The minimum absolute atomic E-state index is 0.443. The van der Waals surface area contributed by atoms with Crippen molar-refractivity contribution in [1.29, 1.82) is 0 Å². The second-order valence-electron chi connectivity index (χ2n) is 3.82. The van der Waals surface area contributed by atoms with Crippen LogP contribution in [0, 0.1) is 0 Å². The topological polar surface area (TPSA) is 34.9 Å². The molecule has 1 aromatic heterocycles. The lowest BCUT2D eigenvalue weighted by Gasteiger charge is -2.06. The molecule has 0 aliphatic carbocycles. The fourth-order valence-electron chi connectivity index (χ4n) is 1.96. The summed E-state index contributed by atoms with van der Waals surface area (Å²) in [7, 11) is 0. The Morgan fingerprint density at radius 3 is 2.71 bits per heavy atom. The lowest BCUT2D eigenvalue weighted by Crippen LogP contribution is -1.91. The van der Waals surface area contributed by atoms with Crippen LogP contribution in [0.25, 0.3) is 16.5 Å². The van der Waals surface area contributed by atoms with Gasteiger partial charge in [0.25, 0.3) is 0 Å². The van der Waals surface area contributed by atoms with Crippen molar-refractivity contribution in [2.75, 3.05) is 0 Å². The van der Waals surface area contributed by atoms with Gasteiger partial charge in [-0.15, -0.1) is 0 Å². The largest absolute Gasteiger partial charge is 0.305 e. The van der Waals surface area contributed by atoms with E-state index in [0.29, 0.717) is 5.69 Å². The first kappa shape index (κ1) is 9.78. The van der Waals surface area contributed by atoms with E-state index in [9.17, 15) is 4.79 Å². The van der Waals surface area contributed by atoms with Gasteiger partial charge in [-0.05, 0) is 11.5 Å². The van der Waals surface area contributed by atoms with E-state index in [-0.39, 0.29) is 0 Å². The molecule has 0 bridgehead atoms. The van der Waals surface area contributed by atoms with Crippen LogP contribution in [-0.2, 0) is 0 Å². The summed E-state index contributed by atoms with van der Waals surface area (Å²) in [6, 6.07) is 14.2. The molecule has 0 N–H and O–H groups in total. The second kappa shape index (κ2) is 3.87. The lowest BCUT2D eigenvalue weighted by atomic mass is 10.1. The van der Waals surface area contributed by atoms with E-state index in [4.69, 9.17) is 0 Å². The number of carbonyl (C=O) groups excluding carboxylic acids is 1. The molecule has 0 saturated carbocycles. The summed E-state index contributed by atoms with van der Waals surface area (Å²) in [5.41, 5.74) is 1.47. The van der Waals surface area contributed by atoms with E-state index in [2.05, 4.69) is 23.2 Å². The van der Waals surface area contributed by atoms with Gasteiger partial charge < -0.3 is 4.57 Å². The number of aromatic nitrogens is 2. The Morgan fingerprint density at radius 2 is 1.88 bits per heavy atom. The third kappa shape index (κ3) is 1.61. The second-order valence-corrected chi connectivity index (χ2v) is 3.82. The van der Waals surface area contributed by atoms with Crippen LogP contribution in [0.2, 0.25) is 0 Å². The first-order chi connectivity index (χ1) is 8.38. The molecule has 0 aliphatic rings. The van der Waals surface area contributed by atoms with Crippen molar-refractivity contribution in [3.8, 4) is 5.69 Å². The van der Waals surface area contributed by atoms with Crippen LogP contribution in [0.15, 0.2) is 55.0 Å². The van der Waals surface area contributed by atoms with Gasteiger partial charge in [-0.25, -0.2) is 4.98 Å². The summed E-state index contributed by atoms with van der Waals surface area (Å²) >= 11 is 0. The predicted molar refractivity (Wildman–Crippen MR) is 66.5 cm³/mol. The quantitative estimate of drug-likeness (QED) is 0.625. The Morgan fingerprint density at radius 1 is 1.06 bits per heavy atom. The molecule has 82 valence electrons. The van der Waals surface area contributed by atoms with Gasteiger partial charge in [0.05, 0.1) is 5.69 Å². The van der Waals surface area contributed by atoms with E-state index in [1.807, 2.05) is 28.8 Å². The summed E-state index contributed by atoms with van der Waals surface area (Å²) < 4.78 is 1.87. The highest BCUT2D eigenvalue weighted by molar-refractivity contribution is 5.90. The van der Waals surface area contributed by atoms with Gasteiger partial charge in [-0.2, -0.15) is 0 Å². The lowest BCUT2D eigenvalue weighted by molar-refractivity contribution is 0.111. The normalized spacial score (nSPS) is 10.6. The summed E-state index contributed by atoms with van der Waals surface area (Å²) in [6.07, 6.45) is 4.14. The average molecular weight is 222 g/mol. The van der Waals surface area contributed by atoms with Crippen molar-refractivity contribution in [2.45, 2.75) is 0 Å². The van der Waals surface area contributed by atoms with Gasteiger partial charge in [-0.1, -0.05) is 36.4 Å². The fraction of sp³-hybridized carbons (Fsp3) is 0. The Bertz CT molecular complexity index is 680. The maximum atomic E-state index is 10.6. The number of fused-ring (bicyclic) bond motifs is 1. The zero-order valence-electron chi connectivity index (χ0n) is 9.08. The number of rotatable bonds is 2. The molecular formula is C14H10N2O. The zero-order chi connectivity index (χ0) is 11.7. The molecule has 2 aromatic carbocycles. The van der Waals surface area contributed by atoms with Crippen LogP contribution in [0.5, 0.6) is 0 Å². The number of carbonyl (C=O) groups is 1. The Labute approximate surface area is 98.3 Å². The molecule has 0 amide bonds. The summed E-state index contributed by atoms with van der Waals surface area (Å²) in [4.78, 5) is 14.7. The van der Waals surface area contributed by atoms with Crippen molar-refractivity contribution in [3.05, 3.63) is 60.7 Å². The first-order valence-electron chi connectivity index (χ1n) is 5.36. The van der Waals surface area contributed by atoms with E-state index >= 15 is 0 Å². The van der Waals surface area contributed by atoms with Crippen LogP contribution in [0.4, 0.5) is 0 Å². The van der Waals surface area contributed by atoms with Gasteiger partial charge in [0.1, 0.15) is 12.0 Å². The molecule has 0 spiro atoms. The van der Waals surface area contributed by atoms with E-state index in [0.717, 1.165) is 17.4 Å². The standard InChI is InChI=1S/C14H10N2O/c17-9-12-8-16(10-15-12)14-7-3-5-11-4-1-2-6-13(11)14/h1-10H. The fourth-order valence-corrected chi connectivity index (χ4v) is 1.96. The number of nitrogens with zero attached hydrogens (tertiary/aromatic N) is 2. The van der Waals surface area contributed by atoms with Crippen LogP contribution in [0.1, 0.15) is 10.5 Å². The molecule has 0 aliphatic heterocycles.